The Hall–Kier alpha value is -1.59. The Balaban J connectivity index is 0.000000256. The lowest BCUT2D eigenvalue weighted by Crippen LogP contribution is -2.39. The first-order valence-electron chi connectivity index (χ1n) is 13.8. The molecule has 198 valence electrons. The van der Waals surface area contributed by atoms with Crippen molar-refractivity contribution in [2.24, 2.45) is 29.6 Å². The van der Waals surface area contributed by atoms with Crippen LogP contribution in [0.15, 0.2) is 0 Å². The standard InChI is InChI=1S/2C10H19NO.C8H15NO/c2*1-4-8(2)9-5-6-10(12)11(3)7-9;1-3-7-4-5-9(2)8(10)6-7/h2*8-9H,4-7H2,1-3H3;7H,3-6H2,1-2H3/t8?,9-;;7-/m1.1/s1. The summed E-state index contributed by atoms with van der Waals surface area (Å²) in [5, 5.41) is 0. The minimum atomic E-state index is 0.314. The average molecular weight is 480 g/mol. The van der Waals surface area contributed by atoms with Crippen LogP contribution in [-0.2, 0) is 14.4 Å². The molecule has 0 aromatic carbocycles. The molecule has 0 saturated carbocycles. The van der Waals surface area contributed by atoms with Crippen LogP contribution in [0.2, 0.25) is 0 Å². The van der Waals surface area contributed by atoms with Gasteiger partial charge in [-0.1, -0.05) is 53.9 Å². The highest BCUT2D eigenvalue weighted by molar-refractivity contribution is 5.77. The fraction of sp³-hybridized carbons (Fsp3) is 0.893. The molecule has 3 unspecified atom stereocenters. The minimum absolute atomic E-state index is 0.314. The maximum absolute atomic E-state index is 11.2. The molecular weight excluding hydrogens is 426 g/mol. The molecule has 3 saturated heterocycles. The molecule has 0 N–H and O–H groups in total. The number of amides is 3. The van der Waals surface area contributed by atoms with E-state index < -0.39 is 0 Å². The maximum Gasteiger partial charge on any atom is 0.222 e. The van der Waals surface area contributed by atoms with Crippen molar-refractivity contribution in [3.8, 4) is 0 Å². The van der Waals surface area contributed by atoms with E-state index in [1.165, 1.54) is 19.3 Å². The molecule has 0 spiro atoms. The van der Waals surface area contributed by atoms with E-state index in [-0.39, 0.29) is 0 Å². The molecule has 3 aliphatic rings. The number of nitrogens with zero attached hydrogens (tertiary/aromatic N) is 3. The van der Waals surface area contributed by atoms with Crippen LogP contribution in [0.25, 0.3) is 0 Å². The largest absolute Gasteiger partial charge is 0.346 e. The zero-order chi connectivity index (χ0) is 25.8. The molecule has 3 rings (SSSR count). The third-order valence-corrected chi connectivity index (χ3v) is 8.56. The maximum atomic E-state index is 11.2. The molecule has 0 aliphatic carbocycles. The van der Waals surface area contributed by atoms with Gasteiger partial charge in [0, 0.05) is 60.0 Å². The van der Waals surface area contributed by atoms with E-state index in [1.54, 1.807) is 0 Å². The summed E-state index contributed by atoms with van der Waals surface area (Å²) < 4.78 is 0. The second-order valence-corrected chi connectivity index (χ2v) is 11.0. The molecule has 3 heterocycles. The Morgan fingerprint density at radius 3 is 1.47 bits per heavy atom. The number of rotatable bonds is 5. The van der Waals surface area contributed by atoms with E-state index in [1.807, 2.05) is 35.8 Å². The Morgan fingerprint density at radius 2 is 1.15 bits per heavy atom. The summed E-state index contributed by atoms with van der Waals surface area (Å²) in [5.74, 6) is 4.60. The van der Waals surface area contributed by atoms with Crippen molar-refractivity contribution in [1.82, 2.24) is 14.7 Å². The summed E-state index contributed by atoms with van der Waals surface area (Å²) >= 11 is 0. The van der Waals surface area contributed by atoms with Crippen LogP contribution < -0.4 is 0 Å². The van der Waals surface area contributed by atoms with E-state index in [0.29, 0.717) is 23.6 Å². The summed E-state index contributed by atoms with van der Waals surface area (Å²) in [6.45, 7) is 14.1. The zero-order valence-electron chi connectivity index (χ0n) is 23.4. The van der Waals surface area contributed by atoms with Gasteiger partial charge in [0.05, 0.1) is 0 Å². The van der Waals surface area contributed by atoms with Gasteiger partial charge in [-0.2, -0.15) is 0 Å². The second-order valence-electron chi connectivity index (χ2n) is 11.0. The smallest absolute Gasteiger partial charge is 0.222 e. The topological polar surface area (TPSA) is 60.9 Å². The summed E-state index contributed by atoms with van der Waals surface area (Å²) in [6, 6.07) is 0. The van der Waals surface area contributed by atoms with E-state index in [9.17, 15) is 14.4 Å². The van der Waals surface area contributed by atoms with Crippen LogP contribution >= 0.6 is 0 Å². The summed E-state index contributed by atoms with van der Waals surface area (Å²) in [4.78, 5) is 39.0. The monoisotopic (exact) mass is 479 g/mol. The number of carbonyl (C=O) groups is 3. The van der Waals surface area contributed by atoms with Gasteiger partial charge >= 0.3 is 0 Å². The fourth-order valence-corrected chi connectivity index (χ4v) is 5.04. The Morgan fingerprint density at radius 1 is 0.706 bits per heavy atom. The van der Waals surface area contributed by atoms with Crippen LogP contribution in [0.4, 0.5) is 0 Å². The normalized spacial score (nSPS) is 27.4. The van der Waals surface area contributed by atoms with Crippen LogP contribution in [0.5, 0.6) is 0 Å². The van der Waals surface area contributed by atoms with Crippen molar-refractivity contribution in [3.63, 3.8) is 0 Å². The lowest BCUT2D eigenvalue weighted by Gasteiger charge is -2.32. The van der Waals surface area contributed by atoms with Crippen molar-refractivity contribution in [2.75, 3.05) is 40.8 Å². The number of likely N-dealkylation sites (tertiary alicyclic amines) is 3. The molecule has 0 aromatic rings. The number of carbonyl (C=O) groups excluding carboxylic acids is 3. The van der Waals surface area contributed by atoms with Crippen molar-refractivity contribution in [3.05, 3.63) is 0 Å². The first kappa shape index (κ1) is 30.4. The fourth-order valence-electron chi connectivity index (χ4n) is 5.04. The minimum Gasteiger partial charge on any atom is -0.346 e. The number of hydrogen-bond donors (Lipinski definition) is 0. The highest BCUT2D eigenvalue weighted by Crippen LogP contribution is 2.26. The van der Waals surface area contributed by atoms with E-state index in [2.05, 4.69) is 34.6 Å². The van der Waals surface area contributed by atoms with Gasteiger partial charge in [-0.3, -0.25) is 14.4 Å². The molecule has 0 aromatic heterocycles. The highest BCUT2D eigenvalue weighted by atomic mass is 16.2. The third kappa shape index (κ3) is 9.95. The molecule has 3 amide bonds. The van der Waals surface area contributed by atoms with Gasteiger partial charge in [-0.25, -0.2) is 0 Å². The molecular formula is C28H53N3O3. The van der Waals surface area contributed by atoms with E-state index in [0.717, 1.165) is 81.8 Å². The van der Waals surface area contributed by atoms with Crippen molar-refractivity contribution >= 4 is 17.7 Å². The first-order chi connectivity index (χ1) is 16.0. The van der Waals surface area contributed by atoms with E-state index in [4.69, 9.17) is 0 Å². The molecule has 34 heavy (non-hydrogen) atoms. The summed E-state index contributed by atoms with van der Waals surface area (Å²) in [7, 11) is 5.71. The van der Waals surface area contributed by atoms with Crippen molar-refractivity contribution < 1.29 is 14.4 Å². The van der Waals surface area contributed by atoms with Crippen LogP contribution in [0.3, 0.4) is 0 Å². The van der Waals surface area contributed by atoms with Crippen LogP contribution in [0.1, 0.15) is 92.4 Å². The molecule has 3 aliphatic heterocycles. The lowest BCUT2D eigenvalue weighted by atomic mass is 9.85. The van der Waals surface area contributed by atoms with Gasteiger partial charge in [-0.15, -0.1) is 0 Å². The molecule has 3 fully saturated rings. The third-order valence-electron chi connectivity index (χ3n) is 8.56. The van der Waals surface area contributed by atoms with Crippen LogP contribution in [-0.4, -0.2) is 73.2 Å². The number of hydrogen-bond acceptors (Lipinski definition) is 3. The Labute approximate surface area is 209 Å². The quantitative estimate of drug-likeness (QED) is 0.553. The van der Waals surface area contributed by atoms with Crippen molar-refractivity contribution in [2.45, 2.75) is 92.4 Å². The molecule has 6 nitrogen and oxygen atoms in total. The van der Waals surface area contributed by atoms with Crippen LogP contribution in [0, 0.1) is 29.6 Å². The molecule has 5 atom stereocenters. The molecule has 6 heteroatoms. The van der Waals surface area contributed by atoms with Gasteiger partial charge in [0.25, 0.3) is 0 Å². The highest BCUT2D eigenvalue weighted by Gasteiger charge is 2.26. The zero-order valence-corrected chi connectivity index (χ0v) is 23.4. The molecule has 0 bridgehead atoms. The first-order valence-corrected chi connectivity index (χ1v) is 13.8. The van der Waals surface area contributed by atoms with Crippen molar-refractivity contribution in [1.29, 1.82) is 0 Å². The van der Waals surface area contributed by atoms with E-state index >= 15 is 0 Å². The Bertz CT molecular complexity index is 600. The summed E-state index contributed by atoms with van der Waals surface area (Å²) in [5.41, 5.74) is 0. The number of piperidine rings is 3. The second kappa shape index (κ2) is 15.4. The Kier molecular flexibility index (Phi) is 13.8. The predicted molar refractivity (Wildman–Crippen MR) is 140 cm³/mol. The predicted octanol–water partition coefficient (Wildman–Crippen LogP) is 5.07. The lowest BCUT2D eigenvalue weighted by molar-refractivity contribution is -0.134. The van der Waals surface area contributed by atoms with Gasteiger partial charge in [0.15, 0.2) is 0 Å². The average Bonchev–Trinajstić information content (AvgIpc) is 2.84. The summed E-state index contributed by atoms with van der Waals surface area (Å²) in [6.07, 6.45) is 9.28. The SMILES string of the molecule is CCC(C)C1CCC(=O)N(C)C1.CCC(C)[C@@H]1CCC(=O)N(C)C1.CC[C@@H]1CCN(C)C(=O)C1. The molecule has 0 radical (unpaired) electrons. The van der Waals surface area contributed by atoms with Gasteiger partial charge < -0.3 is 14.7 Å². The van der Waals surface area contributed by atoms with Gasteiger partial charge in [-0.05, 0) is 48.9 Å². The van der Waals surface area contributed by atoms with Gasteiger partial charge in [0.1, 0.15) is 0 Å². The van der Waals surface area contributed by atoms with Gasteiger partial charge in [0.2, 0.25) is 17.7 Å².